The van der Waals surface area contributed by atoms with E-state index in [0.29, 0.717) is 0 Å². The minimum Gasteiger partial charge on any atom is -0.276 e. The van der Waals surface area contributed by atoms with E-state index in [2.05, 4.69) is 110 Å². The van der Waals surface area contributed by atoms with Crippen LogP contribution in [0.15, 0.2) is 48.2 Å². The molecule has 0 atom stereocenters. The second-order valence-electron chi connectivity index (χ2n) is 10.9. The molecule has 3 rings (SSSR count). The first-order valence-electron chi connectivity index (χ1n) is 12.6. The SMILES string of the molecule is CC.CC.CC(C)(C)c1nccs1.Cc1ccc(C(C)(C)C)cc1.Cn1cc(C(C)(C)C)cn1. The molecule has 2 aromatic heterocycles. The van der Waals surface area contributed by atoms with Gasteiger partial charge in [-0.2, -0.15) is 5.10 Å². The predicted octanol–water partition coefficient (Wildman–Crippen LogP) is 9.50. The molecule has 3 aromatic rings. The fourth-order valence-corrected chi connectivity index (χ4v) is 3.18. The molecule has 0 saturated heterocycles. The molecule has 0 spiro atoms. The summed E-state index contributed by atoms with van der Waals surface area (Å²) in [6.07, 6.45) is 5.82. The molecule has 1 aromatic carbocycles. The number of nitrogens with zero attached hydrogens (tertiary/aromatic N) is 3. The van der Waals surface area contributed by atoms with Crippen LogP contribution in [0.2, 0.25) is 0 Å². The van der Waals surface area contributed by atoms with Gasteiger partial charge in [-0.3, -0.25) is 4.68 Å². The van der Waals surface area contributed by atoms with Crippen molar-refractivity contribution in [3.8, 4) is 0 Å². The highest BCUT2D eigenvalue weighted by Crippen LogP contribution is 2.23. The number of hydrogen-bond donors (Lipinski definition) is 0. The van der Waals surface area contributed by atoms with Crippen molar-refractivity contribution in [1.29, 1.82) is 0 Å². The zero-order valence-corrected chi connectivity index (χ0v) is 25.7. The predicted molar refractivity (Wildman–Crippen MR) is 155 cm³/mol. The summed E-state index contributed by atoms with van der Waals surface area (Å²) in [6, 6.07) is 8.74. The van der Waals surface area contributed by atoms with E-state index in [0.717, 1.165) is 0 Å². The van der Waals surface area contributed by atoms with Gasteiger partial charge in [0.1, 0.15) is 0 Å². The van der Waals surface area contributed by atoms with E-state index in [1.807, 2.05) is 57.2 Å². The molecule has 194 valence electrons. The molecule has 3 nitrogen and oxygen atoms in total. The Bertz CT molecular complexity index is 854. The van der Waals surface area contributed by atoms with Crippen molar-refractivity contribution in [3.05, 3.63) is 69.9 Å². The van der Waals surface area contributed by atoms with Crippen molar-refractivity contribution < 1.29 is 0 Å². The topological polar surface area (TPSA) is 30.7 Å². The quantitative estimate of drug-likeness (QED) is 0.316. The Balaban J connectivity index is 0. The second-order valence-corrected chi connectivity index (χ2v) is 11.8. The summed E-state index contributed by atoms with van der Waals surface area (Å²) >= 11 is 1.72. The van der Waals surface area contributed by atoms with Gasteiger partial charge in [0, 0.05) is 30.2 Å². The zero-order valence-electron chi connectivity index (χ0n) is 24.9. The summed E-state index contributed by atoms with van der Waals surface area (Å²) in [6.45, 7) is 29.9. The Kier molecular flexibility index (Phi) is 16.0. The van der Waals surface area contributed by atoms with E-state index in [9.17, 15) is 0 Å². The molecule has 0 aliphatic rings. The standard InChI is InChI=1S/C11H16.C8H14N2.C7H11NS.2C2H6/c1-9-5-7-10(8-6-9)11(2,3)4;1-8(2,3)7-5-9-10(4)6-7;1-7(2,3)6-8-4-5-9-6;2*1-2/h5-8H,1-4H3;5-6H,1-4H3;4-5H,1-3H3;2*1-2H3. The van der Waals surface area contributed by atoms with Gasteiger partial charge < -0.3 is 0 Å². The van der Waals surface area contributed by atoms with Crippen LogP contribution in [0.4, 0.5) is 0 Å². The molecule has 0 aliphatic heterocycles. The summed E-state index contributed by atoms with van der Waals surface area (Å²) < 4.78 is 1.83. The fraction of sp³-hybridized carbons (Fsp3) is 0.600. The Morgan fingerprint density at radius 2 is 1.18 bits per heavy atom. The van der Waals surface area contributed by atoms with E-state index in [-0.39, 0.29) is 16.2 Å². The molecule has 0 radical (unpaired) electrons. The third kappa shape index (κ3) is 14.3. The van der Waals surface area contributed by atoms with Crippen LogP contribution in [0.1, 0.15) is 112 Å². The third-order valence-electron chi connectivity index (χ3n) is 4.56. The minimum absolute atomic E-state index is 0.230. The number of aromatic nitrogens is 3. The Morgan fingerprint density at radius 1 is 0.706 bits per heavy atom. The molecule has 0 saturated carbocycles. The maximum Gasteiger partial charge on any atom is 0.0978 e. The molecule has 2 heterocycles. The third-order valence-corrected chi connectivity index (χ3v) is 5.76. The number of benzene rings is 1. The van der Waals surface area contributed by atoms with E-state index in [1.165, 1.54) is 21.7 Å². The van der Waals surface area contributed by atoms with Crippen molar-refractivity contribution in [2.24, 2.45) is 7.05 Å². The lowest BCUT2D eigenvalue weighted by Crippen LogP contribution is -2.10. The lowest BCUT2D eigenvalue weighted by atomic mass is 9.87. The van der Waals surface area contributed by atoms with Crippen LogP contribution in [0.25, 0.3) is 0 Å². The molecule has 0 unspecified atom stereocenters. The molecule has 0 N–H and O–H groups in total. The smallest absolute Gasteiger partial charge is 0.0978 e. The first kappa shape index (κ1) is 34.2. The number of hydrogen-bond acceptors (Lipinski definition) is 3. The van der Waals surface area contributed by atoms with Gasteiger partial charge in [0.25, 0.3) is 0 Å². The van der Waals surface area contributed by atoms with Crippen LogP contribution in [0, 0.1) is 6.92 Å². The van der Waals surface area contributed by atoms with Crippen LogP contribution in [-0.2, 0) is 23.3 Å². The van der Waals surface area contributed by atoms with Crippen molar-refractivity contribution in [1.82, 2.24) is 14.8 Å². The Labute approximate surface area is 216 Å². The Hall–Kier alpha value is -1.94. The highest BCUT2D eigenvalue weighted by Gasteiger charge is 2.15. The van der Waals surface area contributed by atoms with E-state index < -0.39 is 0 Å². The average molecular weight is 488 g/mol. The molecule has 4 heteroatoms. The van der Waals surface area contributed by atoms with Crippen LogP contribution in [-0.4, -0.2) is 14.8 Å². The second kappa shape index (κ2) is 15.9. The Morgan fingerprint density at radius 3 is 1.41 bits per heavy atom. The largest absolute Gasteiger partial charge is 0.276 e. The van der Waals surface area contributed by atoms with Crippen molar-refractivity contribution >= 4 is 11.3 Å². The van der Waals surface area contributed by atoms with Crippen LogP contribution in [0.5, 0.6) is 0 Å². The molecule has 0 aliphatic carbocycles. The van der Waals surface area contributed by atoms with Crippen LogP contribution >= 0.6 is 11.3 Å². The first-order valence-corrected chi connectivity index (χ1v) is 13.4. The van der Waals surface area contributed by atoms with Gasteiger partial charge in [-0.1, -0.05) is 120 Å². The normalized spacial score (nSPS) is 10.8. The lowest BCUT2D eigenvalue weighted by Gasteiger charge is -2.18. The average Bonchev–Trinajstić information content (AvgIpc) is 3.43. The van der Waals surface area contributed by atoms with Gasteiger partial charge in [-0.05, 0) is 28.9 Å². The summed E-state index contributed by atoms with van der Waals surface area (Å²) in [5, 5.41) is 7.32. The maximum atomic E-state index is 4.21. The van der Waals surface area contributed by atoms with E-state index >= 15 is 0 Å². The summed E-state index contributed by atoms with van der Waals surface area (Å²) in [7, 11) is 1.94. The fourth-order valence-electron chi connectivity index (χ4n) is 2.46. The minimum atomic E-state index is 0.230. The van der Waals surface area contributed by atoms with Crippen molar-refractivity contribution in [2.75, 3.05) is 0 Å². The molecule has 0 amide bonds. The van der Waals surface area contributed by atoms with Gasteiger partial charge in [0.2, 0.25) is 0 Å². The number of aryl methyl sites for hydroxylation is 2. The lowest BCUT2D eigenvalue weighted by molar-refractivity contribution is 0.585. The van der Waals surface area contributed by atoms with Crippen LogP contribution in [0.3, 0.4) is 0 Å². The molecular formula is C30H53N3S. The summed E-state index contributed by atoms with van der Waals surface area (Å²) in [5.74, 6) is 0. The summed E-state index contributed by atoms with van der Waals surface area (Å²) in [4.78, 5) is 4.21. The maximum absolute atomic E-state index is 4.21. The van der Waals surface area contributed by atoms with E-state index in [1.54, 1.807) is 11.3 Å². The highest BCUT2D eigenvalue weighted by atomic mass is 32.1. The summed E-state index contributed by atoms with van der Waals surface area (Å²) in [5.41, 5.74) is 4.77. The van der Waals surface area contributed by atoms with Gasteiger partial charge >= 0.3 is 0 Å². The molecule has 0 bridgehead atoms. The first-order chi connectivity index (χ1) is 15.6. The van der Waals surface area contributed by atoms with Gasteiger partial charge in [0.05, 0.1) is 11.2 Å². The highest BCUT2D eigenvalue weighted by molar-refractivity contribution is 7.09. The molecule has 34 heavy (non-hydrogen) atoms. The zero-order chi connectivity index (χ0) is 27.2. The van der Waals surface area contributed by atoms with Gasteiger partial charge in [0.15, 0.2) is 0 Å². The molecule has 0 fully saturated rings. The van der Waals surface area contributed by atoms with Crippen molar-refractivity contribution in [3.63, 3.8) is 0 Å². The number of rotatable bonds is 0. The van der Waals surface area contributed by atoms with Gasteiger partial charge in [-0.15, -0.1) is 11.3 Å². The van der Waals surface area contributed by atoms with Crippen molar-refractivity contribution in [2.45, 2.75) is 113 Å². The number of thiazole rings is 1. The monoisotopic (exact) mass is 487 g/mol. The molecular weight excluding hydrogens is 434 g/mol. The van der Waals surface area contributed by atoms with Crippen LogP contribution < -0.4 is 0 Å². The van der Waals surface area contributed by atoms with Gasteiger partial charge in [-0.25, -0.2) is 4.98 Å². The van der Waals surface area contributed by atoms with E-state index in [4.69, 9.17) is 0 Å².